The van der Waals surface area contributed by atoms with Crippen LogP contribution in [0.5, 0.6) is 0 Å². The number of rotatable bonds is 5. The van der Waals surface area contributed by atoms with Crippen LogP contribution in [0.1, 0.15) is 26.7 Å². The number of carbonyl (C=O) groups is 2. The van der Waals surface area contributed by atoms with Crippen LogP contribution in [0.25, 0.3) is 0 Å². The highest BCUT2D eigenvalue weighted by atomic mass is 32.2. The standard InChI is InChI=1S/C12H20N2O3S/c1-3-5-6-7-13-12(17)14-9(11(15)16)8-18-10(14)4-2/h3,5,9-10H,4,6-8H2,1-2H3,(H,13,17)(H,15,16)/b5-3+. The molecule has 6 heteroatoms. The summed E-state index contributed by atoms with van der Waals surface area (Å²) in [6, 6.07) is -0.981. The molecule has 2 amide bonds. The molecule has 0 bridgehead atoms. The van der Waals surface area contributed by atoms with Gasteiger partial charge in [-0.25, -0.2) is 9.59 Å². The SMILES string of the molecule is C/C=C/CCNC(=O)N1C(CC)SCC1C(=O)O. The topological polar surface area (TPSA) is 69.6 Å². The molecule has 0 saturated carbocycles. The Bertz CT molecular complexity index is 333. The number of aliphatic carboxylic acids is 1. The molecule has 0 aromatic heterocycles. The second kappa shape index (κ2) is 7.31. The van der Waals surface area contributed by atoms with Crippen LogP contribution in [-0.4, -0.2) is 45.7 Å². The molecule has 2 atom stereocenters. The average Bonchev–Trinajstić information content (AvgIpc) is 2.78. The first kappa shape index (κ1) is 14.9. The summed E-state index contributed by atoms with van der Waals surface area (Å²) in [4.78, 5) is 24.6. The van der Waals surface area contributed by atoms with Gasteiger partial charge in [0.1, 0.15) is 6.04 Å². The highest BCUT2D eigenvalue weighted by Crippen LogP contribution is 2.31. The third-order valence-electron chi connectivity index (χ3n) is 2.78. The van der Waals surface area contributed by atoms with Crippen molar-refractivity contribution in [2.75, 3.05) is 12.3 Å². The Morgan fingerprint density at radius 1 is 1.56 bits per heavy atom. The molecule has 18 heavy (non-hydrogen) atoms. The Morgan fingerprint density at radius 2 is 2.28 bits per heavy atom. The van der Waals surface area contributed by atoms with Gasteiger partial charge >= 0.3 is 12.0 Å². The third kappa shape index (κ3) is 3.66. The van der Waals surface area contributed by atoms with Gasteiger partial charge in [0, 0.05) is 12.3 Å². The average molecular weight is 272 g/mol. The van der Waals surface area contributed by atoms with Crippen LogP contribution in [-0.2, 0) is 4.79 Å². The van der Waals surface area contributed by atoms with Gasteiger partial charge in [-0.05, 0) is 19.8 Å². The highest BCUT2D eigenvalue weighted by molar-refractivity contribution is 8.00. The van der Waals surface area contributed by atoms with Crippen molar-refractivity contribution in [1.82, 2.24) is 10.2 Å². The summed E-state index contributed by atoms with van der Waals surface area (Å²) in [6.45, 7) is 4.42. The van der Waals surface area contributed by atoms with Crippen molar-refractivity contribution in [3.05, 3.63) is 12.2 Å². The number of allylic oxidation sites excluding steroid dienone is 1. The summed E-state index contributed by atoms with van der Waals surface area (Å²) < 4.78 is 0. The van der Waals surface area contributed by atoms with E-state index in [1.54, 1.807) is 0 Å². The van der Waals surface area contributed by atoms with E-state index in [0.29, 0.717) is 12.3 Å². The molecule has 1 saturated heterocycles. The van der Waals surface area contributed by atoms with Gasteiger partial charge in [0.25, 0.3) is 0 Å². The minimum atomic E-state index is -0.929. The second-order valence-corrected chi connectivity index (χ2v) is 5.26. The first-order valence-corrected chi connectivity index (χ1v) is 7.18. The van der Waals surface area contributed by atoms with E-state index < -0.39 is 12.0 Å². The molecule has 5 nitrogen and oxygen atoms in total. The lowest BCUT2D eigenvalue weighted by atomic mass is 10.2. The first-order chi connectivity index (χ1) is 8.61. The molecule has 0 aromatic rings. The number of nitrogens with one attached hydrogen (secondary N) is 1. The Morgan fingerprint density at radius 3 is 2.83 bits per heavy atom. The number of thioether (sulfide) groups is 1. The van der Waals surface area contributed by atoms with Crippen molar-refractivity contribution in [2.24, 2.45) is 0 Å². The molecular weight excluding hydrogens is 252 g/mol. The van der Waals surface area contributed by atoms with Crippen molar-refractivity contribution in [3.8, 4) is 0 Å². The molecule has 102 valence electrons. The van der Waals surface area contributed by atoms with E-state index in [2.05, 4.69) is 5.32 Å². The number of hydrogen-bond acceptors (Lipinski definition) is 3. The normalized spacial score (nSPS) is 23.6. The lowest BCUT2D eigenvalue weighted by molar-refractivity contribution is -0.141. The molecule has 0 radical (unpaired) electrons. The van der Waals surface area contributed by atoms with E-state index >= 15 is 0 Å². The van der Waals surface area contributed by atoms with E-state index in [0.717, 1.165) is 12.8 Å². The minimum absolute atomic E-state index is 0.0344. The zero-order valence-electron chi connectivity index (χ0n) is 10.8. The summed E-state index contributed by atoms with van der Waals surface area (Å²) in [6.07, 6.45) is 5.41. The van der Waals surface area contributed by atoms with Crippen molar-refractivity contribution >= 4 is 23.8 Å². The van der Waals surface area contributed by atoms with Crippen LogP contribution in [0, 0.1) is 0 Å². The Balaban J connectivity index is 2.58. The molecule has 0 spiro atoms. The van der Waals surface area contributed by atoms with Gasteiger partial charge < -0.3 is 10.4 Å². The summed E-state index contributed by atoms with van der Waals surface area (Å²) in [5.41, 5.74) is 0. The quantitative estimate of drug-likeness (QED) is 0.592. The maximum absolute atomic E-state index is 12.0. The molecule has 1 aliphatic rings. The zero-order valence-corrected chi connectivity index (χ0v) is 11.6. The Labute approximate surface area is 112 Å². The molecule has 2 unspecified atom stereocenters. The van der Waals surface area contributed by atoms with E-state index in [4.69, 9.17) is 5.11 Å². The number of carboxylic acids is 1. The van der Waals surface area contributed by atoms with Gasteiger partial charge in [-0.15, -0.1) is 11.8 Å². The molecular formula is C12H20N2O3S. The molecule has 1 heterocycles. The van der Waals surface area contributed by atoms with Gasteiger partial charge in [-0.3, -0.25) is 4.90 Å². The lowest BCUT2D eigenvalue weighted by Crippen LogP contribution is -2.50. The van der Waals surface area contributed by atoms with E-state index in [1.807, 2.05) is 26.0 Å². The fourth-order valence-corrected chi connectivity index (χ4v) is 3.21. The number of urea groups is 1. The van der Waals surface area contributed by atoms with Crippen LogP contribution in [0.3, 0.4) is 0 Å². The summed E-state index contributed by atoms with van der Waals surface area (Å²) >= 11 is 1.53. The molecule has 1 rings (SSSR count). The van der Waals surface area contributed by atoms with Crippen LogP contribution in [0.4, 0.5) is 4.79 Å². The molecule has 2 N–H and O–H groups in total. The Kier molecular flexibility index (Phi) is 6.04. The highest BCUT2D eigenvalue weighted by Gasteiger charge is 2.40. The van der Waals surface area contributed by atoms with E-state index in [-0.39, 0.29) is 11.4 Å². The van der Waals surface area contributed by atoms with Gasteiger partial charge in [0.05, 0.1) is 5.37 Å². The summed E-state index contributed by atoms with van der Waals surface area (Å²) in [7, 11) is 0. The zero-order chi connectivity index (χ0) is 13.5. The molecule has 0 aliphatic carbocycles. The molecule has 1 aliphatic heterocycles. The number of hydrogen-bond donors (Lipinski definition) is 2. The number of amides is 2. The third-order valence-corrected chi connectivity index (χ3v) is 4.24. The van der Waals surface area contributed by atoms with Gasteiger partial charge in [-0.2, -0.15) is 0 Å². The summed E-state index contributed by atoms with van der Waals surface area (Å²) in [5.74, 6) is -0.460. The van der Waals surface area contributed by atoms with Crippen LogP contribution in [0.15, 0.2) is 12.2 Å². The van der Waals surface area contributed by atoms with Crippen LogP contribution >= 0.6 is 11.8 Å². The monoisotopic (exact) mass is 272 g/mol. The van der Waals surface area contributed by atoms with Crippen LogP contribution < -0.4 is 5.32 Å². The fourth-order valence-electron chi connectivity index (χ4n) is 1.86. The largest absolute Gasteiger partial charge is 0.480 e. The molecule has 0 aromatic carbocycles. The number of nitrogens with zero attached hydrogens (tertiary/aromatic N) is 1. The maximum Gasteiger partial charge on any atom is 0.327 e. The fraction of sp³-hybridized carbons (Fsp3) is 0.667. The summed E-state index contributed by atoms with van der Waals surface area (Å²) in [5, 5.41) is 11.8. The molecule has 1 fully saturated rings. The van der Waals surface area contributed by atoms with Gasteiger partial charge in [0.15, 0.2) is 0 Å². The first-order valence-electron chi connectivity index (χ1n) is 6.13. The van der Waals surface area contributed by atoms with E-state index in [9.17, 15) is 9.59 Å². The predicted octanol–water partition coefficient (Wildman–Crippen LogP) is 1.90. The van der Waals surface area contributed by atoms with E-state index in [1.165, 1.54) is 16.7 Å². The van der Waals surface area contributed by atoms with Crippen molar-refractivity contribution in [2.45, 2.75) is 38.1 Å². The number of carboxylic acid groups (broad SMARTS) is 1. The maximum atomic E-state index is 12.0. The van der Waals surface area contributed by atoms with Crippen molar-refractivity contribution < 1.29 is 14.7 Å². The Hall–Kier alpha value is -1.17. The number of carbonyl (C=O) groups excluding carboxylic acids is 1. The van der Waals surface area contributed by atoms with Crippen molar-refractivity contribution in [3.63, 3.8) is 0 Å². The van der Waals surface area contributed by atoms with Crippen molar-refractivity contribution in [1.29, 1.82) is 0 Å². The predicted molar refractivity (Wildman–Crippen MR) is 72.6 cm³/mol. The minimum Gasteiger partial charge on any atom is -0.480 e. The van der Waals surface area contributed by atoms with Crippen LogP contribution in [0.2, 0.25) is 0 Å². The van der Waals surface area contributed by atoms with Gasteiger partial charge in [-0.1, -0.05) is 19.1 Å². The lowest BCUT2D eigenvalue weighted by Gasteiger charge is -2.26. The second-order valence-electron chi connectivity index (χ2n) is 4.05. The smallest absolute Gasteiger partial charge is 0.327 e. The van der Waals surface area contributed by atoms with Gasteiger partial charge in [0.2, 0.25) is 0 Å².